The number of nitro groups is 1. The minimum absolute atomic E-state index is 0.0101. The Kier molecular flexibility index (Phi) is 5.45. The number of aromatic nitrogens is 2. The molecule has 0 radical (unpaired) electrons. The monoisotopic (exact) mass is 379 g/mol. The Hall–Kier alpha value is -4.01. The summed E-state index contributed by atoms with van der Waals surface area (Å²) in [7, 11) is 1.59. The molecule has 0 bridgehead atoms. The number of nitro benzene ring substituents is 1. The van der Waals surface area contributed by atoms with Gasteiger partial charge in [-0.15, -0.1) is 0 Å². The molecule has 0 aliphatic rings. The summed E-state index contributed by atoms with van der Waals surface area (Å²) in [6.45, 7) is 1.69. The highest BCUT2D eigenvalue weighted by Crippen LogP contribution is 2.21. The second-order valence-corrected chi connectivity index (χ2v) is 5.84. The van der Waals surface area contributed by atoms with Gasteiger partial charge >= 0.3 is 0 Å². The van der Waals surface area contributed by atoms with Gasteiger partial charge in [0.1, 0.15) is 11.4 Å². The number of nitrogens with one attached hydrogen (secondary N) is 2. The molecule has 9 heteroatoms. The number of non-ortho nitro benzene ring substituents is 1. The molecule has 0 fully saturated rings. The van der Waals surface area contributed by atoms with E-state index in [1.807, 2.05) is 24.3 Å². The number of rotatable bonds is 6. The van der Waals surface area contributed by atoms with Crippen LogP contribution in [-0.2, 0) is 0 Å². The van der Waals surface area contributed by atoms with Crippen molar-refractivity contribution in [2.75, 3.05) is 7.11 Å². The molecule has 2 N–H and O–H groups in total. The van der Waals surface area contributed by atoms with E-state index in [1.165, 1.54) is 12.1 Å². The average molecular weight is 379 g/mol. The first-order chi connectivity index (χ1) is 13.5. The van der Waals surface area contributed by atoms with Crippen LogP contribution in [0, 0.1) is 10.1 Å². The molecule has 1 amide bonds. The van der Waals surface area contributed by atoms with E-state index in [9.17, 15) is 14.9 Å². The summed E-state index contributed by atoms with van der Waals surface area (Å²) in [5, 5.41) is 21.5. The van der Waals surface area contributed by atoms with E-state index < -0.39 is 10.8 Å². The van der Waals surface area contributed by atoms with E-state index in [0.717, 1.165) is 11.3 Å². The topological polar surface area (TPSA) is 123 Å². The van der Waals surface area contributed by atoms with Gasteiger partial charge in [0.25, 0.3) is 11.6 Å². The molecule has 28 heavy (non-hydrogen) atoms. The number of ether oxygens (including phenoxy) is 1. The molecule has 0 aliphatic heterocycles. The predicted molar refractivity (Wildman–Crippen MR) is 103 cm³/mol. The van der Waals surface area contributed by atoms with Gasteiger partial charge in [-0.3, -0.25) is 20.0 Å². The number of nitrogens with zero attached hydrogens (tertiary/aromatic N) is 3. The molecule has 0 atom stereocenters. The first-order valence-electron chi connectivity index (χ1n) is 8.27. The molecular weight excluding hydrogens is 362 g/mol. The van der Waals surface area contributed by atoms with Crippen LogP contribution >= 0.6 is 0 Å². The van der Waals surface area contributed by atoms with E-state index in [-0.39, 0.29) is 11.4 Å². The molecule has 0 unspecified atom stereocenters. The number of aromatic amines is 1. The minimum atomic E-state index is -0.476. The zero-order chi connectivity index (χ0) is 20.1. The Balaban J connectivity index is 1.68. The van der Waals surface area contributed by atoms with Crippen LogP contribution in [0.5, 0.6) is 5.75 Å². The molecular formula is C19H17N5O4. The number of benzene rings is 2. The molecule has 3 aromatic rings. The quantitative estimate of drug-likeness (QED) is 0.387. The van der Waals surface area contributed by atoms with Crippen LogP contribution in [0.3, 0.4) is 0 Å². The molecule has 2 aromatic carbocycles. The highest BCUT2D eigenvalue weighted by Gasteiger charge is 2.11. The summed E-state index contributed by atoms with van der Waals surface area (Å²) >= 11 is 0. The van der Waals surface area contributed by atoms with Gasteiger partial charge in [-0.1, -0.05) is 0 Å². The van der Waals surface area contributed by atoms with E-state index in [4.69, 9.17) is 4.74 Å². The van der Waals surface area contributed by atoms with E-state index in [2.05, 4.69) is 20.7 Å². The smallest absolute Gasteiger partial charge is 0.289 e. The summed E-state index contributed by atoms with van der Waals surface area (Å²) in [5.74, 6) is 0.279. The second kappa shape index (κ2) is 8.12. The van der Waals surface area contributed by atoms with Crippen molar-refractivity contribution >= 4 is 17.3 Å². The Morgan fingerprint density at radius 1 is 1.18 bits per heavy atom. The third kappa shape index (κ3) is 4.21. The number of carbonyl (C=O) groups excluding carboxylic acids is 1. The fourth-order valence-corrected chi connectivity index (χ4v) is 2.43. The van der Waals surface area contributed by atoms with Gasteiger partial charge in [-0.2, -0.15) is 10.2 Å². The molecule has 3 rings (SSSR count). The van der Waals surface area contributed by atoms with Crippen molar-refractivity contribution in [3.05, 3.63) is 76.0 Å². The van der Waals surface area contributed by atoms with Crippen molar-refractivity contribution < 1.29 is 14.5 Å². The van der Waals surface area contributed by atoms with Crippen LogP contribution in [0.2, 0.25) is 0 Å². The van der Waals surface area contributed by atoms with Gasteiger partial charge < -0.3 is 4.74 Å². The fourth-order valence-electron chi connectivity index (χ4n) is 2.43. The third-order valence-corrected chi connectivity index (χ3v) is 4.03. The lowest BCUT2D eigenvalue weighted by molar-refractivity contribution is -0.384. The van der Waals surface area contributed by atoms with Crippen molar-refractivity contribution in [1.82, 2.24) is 15.6 Å². The Bertz CT molecular complexity index is 1020. The van der Waals surface area contributed by atoms with Crippen LogP contribution in [0.4, 0.5) is 5.69 Å². The maximum Gasteiger partial charge on any atom is 0.289 e. The molecule has 0 aliphatic carbocycles. The first-order valence-corrected chi connectivity index (χ1v) is 8.27. The van der Waals surface area contributed by atoms with Gasteiger partial charge in [0.15, 0.2) is 0 Å². The number of hydrazone groups is 1. The summed E-state index contributed by atoms with van der Waals surface area (Å²) in [6.07, 6.45) is 0. The normalized spacial score (nSPS) is 11.1. The number of H-pyrrole nitrogens is 1. The van der Waals surface area contributed by atoms with Crippen LogP contribution in [0.15, 0.2) is 59.7 Å². The van der Waals surface area contributed by atoms with Gasteiger partial charge in [0, 0.05) is 17.7 Å². The Labute approximate surface area is 160 Å². The van der Waals surface area contributed by atoms with Crippen molar-refractivity contribution in [1.29, 1.82) is 0 Å². The molecule has 0 spiro atoms. The maximum absolute atomic E-state index is 12.3. The zero-order valence-electron chi connectivity index (χ0n) is 15.2. The lowest BCUT2D eigenvalue weighted by atomic mass is 10.1. The number of amides is 1. The lowest BCUT2D eigenvalue weighted by Crippen LogP contribution is -2.19. The minimum Gasteiger partial charge on any atom is -0.497 e. The molecule has 9 nitrogen and oxygen atoms in total. The predicted octanol–water partition coefficient (Wildman–Crippen LogP) is 3.15. The number of hydrogen-bond donors (Lipinski definition) is 2. The van der Waals surface area contributed by atoms with E-state index in [0.29, 0.717) is 17.0 Å². The molecule has 142 valence electrons. The third-order valence-electron chi connectivity index (χ3n) is 4.03. The van der Waals surface area contributed by atoms with Crippen LogP contribution in [0.1, 0.15) is 23.0 Å². The standard InChI is InChI=1S/C19H17N5O4/c1-12(13-3-7-15(8-4-13)24(26)27)20-23-19(25)18-11-17(21-22-18)14-5-9-16(28-2)10-6-14/h3-11H,1-2H3,(H,21,22)(H,23,25)/b20-12-. The Morgan fingerprint density at radius 3 is 2.46 bits per heavy atom. The van der Waals surface area contributed by atoms with Gasteiger partial charge in [0.05, 0.1) is 23.4 Å². The second-order valence-electron chi connectivity index (χ2n) is 5.84. The zero-order valence-corrected chi connectivity index (χ0v) is 15.2. The maximum atomic E-state index is 12.3. The number of carbonyl (C=O) groups is 1. The summed E-state index contributed by atoms with van der Waals surface area (Å²) in [5.41, 5.74) is 5.31. The van der Waals surface area contributed by atoms with Crippen molar-refractivity contribution in [3.8, 4) is 17.0 Å². The summed E-state index contributed by atoms with van der Waals surface area (Å²) in [4.78, 5) is 22.5. The van der Waals surface area contributed by atoms with Crippen molar-refractivity contribution in [2.24, 2.45) is 5.10 Å². The van der Waals surface area contributed by atoms with Crippen LogP contribution in [0.25, 0.3) is 11.3 Å². The van der Waals surface area contributed by atoms with Crippen LogP contribution < -0.4 is 10.2 Å². The van der Waals surface area contributed by atoms with E-state index >= 15 is 0 Å². The van der Waals surface area contributed by atoms with E-state index in [1.54, 1.807) is 32.2 Å². The lowest BCUT2D eigenvalue weighted by Gasteiger charge is -2.02. The highest BCUT2D eigenvalue weighted by molar-refractivity contribution is 6.00. The molecule has 1 aromatic heterocycles. The summed E-state index contributed by atoms with van der Waals surface area (Å²) in [6, 6.07) is 14.8. The fraction of sp³-hybridized carbons (Fsp3) is 0.105. The molecule has 1 heterocycles. The molecule has 0 saturated heterocycles. The van der Waals surface area contributed by atoms with Crippen molar-refractivity contribution in [3.63, 3.8) is 0 Å². The number of methoxy groups -OCH3 is 1. The van der Waals surface area contributed by atoms with Gasteiger partial charge in [-0.05, 0) is 55.0 Å². The van der Waals surface area contributed by atoms with Gasteiger partial charge in [-0.25, -0.2) is 5.43 Å². The first kappa shape index (κ1) is 18.8. The molecule has 0 saturated carbocycles. The van der Waals surface area contributed by atoms with Crippen LogP contribution in [-0.4, -0.2) is 33.8 Å². The summed E-state index contributed by atoms with van der Waals surface area (Å²) < 4.78 is 5.12. The van der Waals surface area contributed by atoms with Gasteiger partial charge in [0.2, 0.25) is 0 Å². The van der Waals surface area contributed by atoms with Crippen molar-refractivity contribution in [2.45, 2.75) is 6.92 Å². The Morgan fingerprint density at radius 2 is 1.86 bits per heavy atom. The average Bonchev–Trinajstić information content (AvgIpc) is 3.22. The largest absolute Gasteiger partial charge is 0.497 e. The number of hydrogen-bond acceptors (Lipinski definition) is 6. The highest BCUT2D eigenvalue weighted by atomic mass is 16.6. The SMILES string of the molecule is COc1ccc(-c2cc(C(=O)N/N=C(/C)c3ccc([N+](=O)[O-])cc3)[nH]n2)cc1.